The first kappa shape index (κ1) is 13.7. The Labute approximate surface area is 119 Å². The van der Waals surface area contributed by atoms with E-state index in [9.17, 15) is 0 Å². The monoisotopic (exact) mass is 267 g/mol. The molecule has 0 saturated carbocycles. The van der Waals surface area contributed by atoms with E-state index in [0.29, 0.717) is 0 Å². The van der Waals surface area contributed by atoms with Crippen molar-refractivity contribution in [2.45, 2.75) is 31.1 Å². The fraction of sp³-hybridized carbons (Fsp3) is 0.235. The van der Waals surface area contributed by atoms with Crippen LogP contribution in [-0.2, 0) is 6.42 Å². The SMILES string of the molecule is CCCCc1ccc(-c2ccc(SC#N)cc2)cc1. The summed E-state index contributed by atoms with van der Waals surface area (Å²) >= 11 is 1.20. The second-order valence-corrected chi connectivity index (χ2v) is 5.38. The molecule has 0 atom stereocenters. The fourth-order valence-corrected chi connectivity index (χ4v) is 2.39. The van der Waals surface area contributed by atoms with E-state index in [2.05, 4.69) is 48.7 Å². The molecule has 0 aliphatic carbocycles. The van der Waals surface area contributed by atoms with Crippen molar-refractivity contribution in [3.05, 3.63) is 54.1 Å². The number of rotatable bonds is 5. The van der Waals surface area contributed by atoms with E-state index in [1.165, 1.54) is 41.3 Å². The lowest BCUT2D eigenvalue weighted by molar-refractivity contribution is 0.795. The van der Waals surface area contributed by atoms with Gasteiger partial charge in [-0.15, -0.1) is 0 Å². The number of hydrogen-bond acceptors (Lipinski definition) is 2. The lowest BCUT2D eigenvalue weighted by Crippen LogP contribution is -1.85. The van der Waals surface area contributed by atoms with Crippen LogP contribution in [0.2, 0.25) is 0 Å². The zero-order chi connectivity index (χ0) is 13.5. The van der Waals surface area contributed by atoms with Crippen molar-refractivity contribution < 1.29 is 0 Å². The normalized spacial score (nSPS) is 10.1. The van der Waals surface area contributed by atoms with Crippen molar-refractivity contribution in [1.29, 1.82) is 5.26 Å². The lowest BCUT2D eigenvalue weighted by atomic mass is 10.0. The third-order valence-corrected chi connectivity index (χ3v) is 3.72. The summed E-state index contributed by atoms with van der Waals surface area (Å²) in [6.45, 7) is 2.22. The molecule has 0 bridgehead atoms. The molecule has 19 heavy (non-hydrogen) atoms. The van der Waals surface area contributed by atoms with Gasteiger partial charge >= 0.3 is 0 Å². The minimum absolute atomic E-state index is 0.991. The third kappa shape index (κ3) is 3.87. The van der Waals surface area contributed by atoms with E-state index < -0.39 is 0 Å². The number of thioether (sulfide) groups is 1. The van der Waals surface area contributed by atoms with Crippen LogP contribution in [-0.4, -0.2) is 0 Å². The summed E-state index contributed by atoms with van der Waals surface area (Å²) in [5, 5.41) is 10.7. The summed E-state index contributed by atoms with van der Waals surface area (Å²) in [6.07, 6.45) is 3.65. The Morgan fingerprint density at radius 2 is 1.53 bits per heavy atom. The van der Waals surface area contributed by atoms with Crippen LogP contribution >= 0.6 is 11.8 Å². The Balaban J connectivity index is 2.11. The summed E-state index contributed by atoms with van der Waals surface area (Å²) in [6, 6.07) is 16.9. The van der Waals surface area contributed by atoms with Crippen molar-refractivity contribution >= 4 is 11.8 Å². The van der Waals surface area contributed by atoms with Crippen molar-refractivity contribution in [3.8, 4) is 16.5 Å². The summed E-state index contributed by atoms with van der Waals surface area (Å²) in [4.78, 5) is 0.991. The molecular weight excluding hydrogens is 250 g/mol. The van der Waals surface area contributed by atoms with Crippen molar-refractivity contribution in [1.82, 2.24) is 0 Å². The molecule has 0 aliphatic heterocycles. The lowest BCUT2D eigenvalue weighted by Gasteiger charge is -2.05. The van der Waals surface area contributed by atoms with Crippen molar-refractivity contribution in [3.63, 3.8) is 0 Å². The van der Waals surface area contributed by atoms with Gasteiger partial charge in [-0.2, -0.15) is 5.26 Å². The Kier molecular flexibility index (Phi) is 5.06. The summed E-state index contributed by atoms with van der Waals surface area (Å²) < 4.78 is 0. The van der Waals surface area contributed by atoms with Gasteiger partial charge in [0, 0.05) is 4.90 Å². The van der Waals surface area contributed by atoms with Gasteiger partial charge in [-0.3, -0.25) is 0 Å². The van der Waals surface area contributed by atoms with Gasteiger partial charge in [0.05, 0.1) is 0 Å². The van der Waals surface area contributed by atoms with Gasteiger partial charge in [-0.05, 0) is 53.4 Å². The molecule has 2 aromatic carbocycles. The standard InChI is InChI=1S/C17H17NS/c1-2-3-4-14-5-7-15(8-6-14)16-9-11-17(12-10-16)19-13-18/h5-12H,2-4H2,1H3. The molecule has 0 radical (unpaired) electrons. The first-order valence-corrected chi connectivity index (χ1v) is 7.40. The maximum Gasteiger partial charge on any atom is 0.138 e. The maximum atomic E-state index is 8.62. The Bertz CT molecular complexity index is 549. The van der Waals surface area contributed by atoms with Crippen LogP contribution in [0.3, 0.4) is 0 Å². The number of nitriles is 1. The molecule has 0 saturated heterocycles. The minimum atomic E-state index is 0.991. The van der Waals surface area contributed by atoms with Crippen LogP contribution in [0, 0.1) is 10.7 Å². The van der Waals surface area contributed by atoms with E-state index >= 15 is 0 Å². The average Bonchev–Trinajstić information content (AvgIpc) is 2.47. The van der Waals surface area contributed by atoms with Gasteiger partial charge in [0.15, 0.2) is 0 Å². The number of nitrogens with zero attached hydrogens (tertiary/aromatic N) is 1. The van der Waals surface area contributed by atoms with Gasteiger partial charge in [0.1, 0.15) is 5.40 Å². The van der Waals surface area contributed by atoms with Crippen molar-refractivity contribution in [2.75, 3.05) is 0 Å². The van der Waals surface area contributed by atoms with Crippen LogP contribution in [0.4, 0.5) is 0 Å². The molecule has 2 rings (SSSR count). The molecule has 1 nitrogen and oxygen atoms in total. The number of thiocyanates is 1. The van der Waals surface area contributed by atoms with Gasteiger partial charge < -0.3 is 0 Å². The predicted octanol–water partition coefficient (Wildman–Crippen LogP) is 5.27. The molecule has 0 aliphatic rings. The predicted molar refractivity (Wildman–Crippen MR) is 82.0 cm³/mol. The summed E-state index contributed by atoms with van der Waals surface area (Å²) in [5.41, 5.74) is 3.83. The number of benzene rings is 2. The molecule has 0 unspecified atom stereocenters. The quantitative estimate of drug-likeness (QED) is 0.544. The second kappa shape index (κ2) is 7.01. The molecule has 0 heterocycles. The highest BCUT2D eigenvalue weighted by Crippen LogP contribution is 2.24. The maximum absolute atomic E-state index is 8.62. The molecular formula is C17H17NS. The van der Waals surface area contributed by atoms with Crippen LogP contribution < -0.4 is 0 Å². The first-order valence-electron chi connectivity index (χ1n) is 6.59. The number of aryl methyl sites for hydroxylation is 1. The van der Waals surface area contributed by atoms with E-state index in [1.54, 1.807) is 0 Å². The molecule has 0 amide bonds. The van der Waals surface area contributed by atoms with E-state index in [1.807, 2.05) is 12.1 Å². The molecule has 0 spiro atoms. The fourth-order valence-electron chi connectivity index (χ4n) is 2.01. The highest BCUT2D eigenvalue weighted by molar-refractivity contribution is 8.03. The highest BCUT2D eigenvalue weighted by Gasteiger charge is 1.99. The van der Waals surface area contributed by atoms with Gasteiger partial charge in [-0.25, -0.2) is 0 Å². The van der Waals surface area contributed by atoms with Crippen LogP contribution in [0.25, 0.3) is 11.1 Å². The molecule has 0 N–H and O–H groups in total. The highest BCUT2D eigenvalue weighted by atomic mass is 32.2. The molecule has 96 valence electrons. The van der Waals surface area contributed by atoms with Gasteiger partial charge in [0.25, 0.3) is 0 Å². The molecule has 2 heteroatoms. The Hall–Kier alpha value is -1.72. The van der Waals surface area contributed by atoms with E-state index in [-0.39, 0.29) is 0 Å². The number of unbranched alkanes of at least 4 members (excludes halogenated alkanes) is 1. The van der Waals surface area contributed by atoms with Crippen molar-refractivity contribution in [2.24, 2.45) is 0 Å². The second-order valence-electron chi connectivity index (χ2n) is 4.52. The van der Waals surface area contributed by atoms with Gasteiger partial charge in [0.2, 0.25) is 0 Å². The largest absolute Gasteiger partial charge is 0.185 e. The third-order valence-electron chi connectivity index (χ3n) is 3.12. The minimum Gasteiger partial charge on any atom is -0.185 e. The molecule has 0 fully saturated rings. The molecule has 2 aromatic rings. The average molecular weight is 267 g/mol. The van der Waals surface area contributed by atoms with Crippen LogP contribution in [0.1, 0.15) is 25.3 Å². The Morgan fingerprint density at radius 3 is 2.05 bits per heavy atom. The number of hydrogen-bond donors (Lipinski definition) is 0. The zero-order valence-corrected chi connectivity index (χ0v) is 11.9. The molecule has 0 aromatic heterocycles. The Morgan fingerprint density at radius 1 is 0.947 bits per heavy atom. The first-order chi connectivity index (χ1) is 9.33. The summed E-state index contributed by atoms with van der Waals surface area (Å²) in [5.74, 6) is 0. The topological polar surface area (TPSA) is 23.8 Å². The van der Waals surface area contributed by atoms with Gasteiger partial charge in [-0.1, -0.05) is 49.7 Å². The zero-order valence-electron chi connectivity index (χ0n) is 11.1. The van der Waals surface area contributed by atoms with E-state index in [0.717, 1.165) is 11.3 Å². The van der Waals surface area contributed by atoms with E-state index in [4.69, 9.17) is 5.26 Å². The smallest absolute Gasteiger partial charge is 0.138 e. The summed E-state index contributed by atoms with van der Waals surface area (Å²) in [7, 11) is 0. The van der Waals surface area contributed by atoms with Crippen LogP contribution in [0.15, 0.2) is 53.4 Å². The van der Waals surface area contributed by atoms with Crippen LogP contribution in [0.5, 0.6) is 0 Å².